The van der Waals surface area contributed by atoms with Crippen molar-refractivity contribution < 1.29 is 27.2 Å². The normalized spacial score (nSPS) is 18.6. The number of aryl methyl sites for hydroxylation is 1. The summed E-state index contributed by atoms with van der Waals surface area (Å²) in [6.45, 7) is 1.81. The number of benzene rings is 1. The number of alkyl halides is 2. The van der Waals surface area contributed by atoms with Gasteiger partial charge >= 0.3 is 0 Å². The number of ketones is 1. The van der Waals surface area contributed by atoms with E-state index in [4.69, 9.17) is 0 Å². The minimum Gasteiger partial charge on any atom is -0.336 e. The number of hydrogen-bond acceptors (Lipinski definition) is 4. The molecule has 0 radical (unpaired) electrons. The average Bonchev–Trinajstić information content (AvgIpc) is 2.63. The van der Waals surface area contributed by atoms with Gasteiger partial charge < -0.3 is 4.90 Å². The summed E-state index contributed by atoms with van der Waals surface area (Å²) in [5, 5.41) is 0. The minimum absolute atomic E-state index is 0.0217. The molecule has 154 valence electrons. The molecule has 1 saturated heterocycles. The Labute approximate surface area is 164 Å². The highest BCUT2D eigenvalue weighted by Crippen LogP contribution is 2.41. The molecular weight excluding hydrogens is 390 g/mol. The first-order valence-electron chi connectivity index (χ1n) is 9.03. The van der Waals surface area contributed by atoms with E-state index in [0.717, 1.165) is 23.1 Å². The van der Waals surface area contributed by atoms with E-state index in [9.17, 15) is 27.2 Å². The van der Waals surface area contributed by atoms with Gasteiger partial charge in [0.25, 0.3) is 5.92 Å². The van der Waals surface area contributed by atoms with Crippen LogP contribution in [0.4, 0.5) is 17.6 Å². The number of hydrogen-bond donors (Lipinski definition) is 0. The summed E-state index contributed by atoms with van der Waals surface area (Å²) in [6, 6.07) is 3.18. The van der Waals surface area contributed by atoms with Gasteiger partial charge in [0, 0.05) is 18.3 Å². The van der Waals surface area contributed by atoms with Crippen LogP contribution in [0.5, 0.6) is 0 Å². The second-order valence-electron chi connectivity index (χ2n) is 7.07. The summed E-state index contributed by atoms with van der Waals surface area (Å²) in [4.78, 5) is 33.1. The Morgan fingerprint density at radius 2 is 1.90 bits per heavy atom. The highest BCUT2D eigenvalue weighted by molar-refractivity contribution is 5.95. The molecule has 1 aliphatic rings. The molecule has 0 saturated carbocycles. The maximum Gasteiger partial charge on any atom is 0.273 e. The number of carbonyl (C=O) groups is 2. The van der Waals surface area contributed by atoms with Crippen molar-refractivity contribution in [1.82, 2.24) is 14.9 Å². The van der Waals surface area contributed by atoms with Gasteiger partial charge in [-0.25, -0.2) is 27.5 Å². The van der Waals surface area contributed by atoms with Crippen LogP contribution in [0.25, 0.3) is 0 Å². The monoisotopic (exact) mass is 409 g/mol. The summed E-state index contributed by atoms with van der Waals surface area (Å²) in [5.41, 5.74) is -0.469. The predicted molar refractivity (Wildman–Crippen MR) is 95.7 cm³/mol. The van der Waals surface area contributed by atoms with E-state index < -0.39 is 53.7 Å². The molecule has 1 unspecified atom stereocenters. The number of carbonyl (C=O) groups excluding carboxylic acids is 2. The van der Waals surface area contributed by atoms with Crippen LogP contribution in [-0.4, -0.2) is 45.6 Å². The van der Waals surface area contributed by atoms with Crippen molar-refractivity contribution in [2.24, 2.45) is 0 Å². The molecular formula is C20H19F4N3O2. The fourth-order valence-electron chi connectivity index (χ4n) is 3.48. The van der Waals surface area contributed by atoms with Crippen LogP contribution in [0.3, 0.4) is 0 Å². The van der Waals surface area contributed by atoms with Crippen molar-refractivity contribution in [2.45, 2.75) is 38.5 Å². The van der Waals surface area contributed by atoms with Crippen LogP contribution in [0, 0.1) is 18.6 Å². The van der Waals surface area contributed by atoms with Gasteiger partial charge in [0.1, 0.15) is 17.5 Å². The Morgan fingerprint density at radius 1 is 1.24 bits per heavy atom. The quantitative estimate of drug-likeness (QED) is 0.573. The first-order chi connectivity index (χ1) is 13.6. The Kier molecular flexibility index (Phi) is 5.68. The van der Waals surface area contributed by atoms with Gasteiger partial charge in [-0.3, -0.25) is 9.59 Å². The van der Waals surface area contributed by atoms with Crippen LogP contribution < -0.4 is 0 Å². The SMILES string of the molecule is CC(=O)c1cnc(C)nc1C1CCN(C(=O)Cc2c(F)cccc2F)CC1(F)F. The van der Waals surface area contributed by atoms with Gasteiger partial charge in [-0.1, -0.05) is 6.07 Å². The molecule has 2 aromatic rings. The first kappa shape index (κ1) is 20.9. The molecule has 1 aromatic carbocycles. The van der Waals surface area contributed by atoms with E-state index in [-0.39, 0.29) is 30.0 Å². The van der Waals surface area contributed by atoms with Gasteiger partial charge in [0.2, 0.25) is 5.91 Å². The van der Waals surface area contributed by atoms with Gasteiger partial charge in [0.05, 0.1) is 30.1 Å². The average molecular weight is 409 g/mol. The summed E-state index contributed by atoms with van der Waals surface area (Å²) in [7, 11) is 0. The molecule has 1 fully saturated rings. The third kappa shape index (κ3) is 4.28. The molecule has 1 amide bonds. The number of likely N-dealkylation sites (tertiary alicyclic amines) is 1. The topological polar surface area (TPSA) is 63.2 Å². The summed E-state index contributed by atoms with van der Waals surface area (Å²) in [5.74, 6) is -7.49. The second-order valence-corrected chi connectivity index (χ2v) is 7.07. The number of halogens is 4. The van der Waals surface area contributed by atoms with Crippen molar-refractivity contribution in [3.05, 3.63) is 58.7 Å². The molecule has 5 nitrogen and oxygen atoms in total. The van der Waals surface area contributed by atoms with Gasteiger partial charge in [-0.05, 0) is 32.4 Å². The molecule has 0 aliphatic carbocycles. The minimum atomic E-state index is -3.37. The van der Waals surface area contributed by atoms with Crippen molar-refractivity contribution in [3.8, 4) is 0 Å². The molecule has 1 aliphatic heterocycles. The lowest BCUT2D eigenvalue weighted by atomic mass is 9.86. The standard InChI is InChI=1S/C20H19F4N3O2/c1-11(28)14-9-25-12(2)26-19(14)15-6-7-27(10-20(15,23)24)18(29)8-13-16(21)4-3-5-17(13)22/h3-5,9,15H,6-8,10H2,1-2H3. The van der Waals surface area contributed by atoms with Crippen LogP contribution in [-0.2, 0) is 11.2 Å². The predicted octanol–water partition coefficient (Wildman–Crippen LogP) is 3.46. The second kappa shape index (κ2) is 7.88. The van der Waals surface area contributed by atoms with Crippen LogP contribution >= 0.6 is 0 Å². The number of Topliss-reactive ketones (excluding diaryl/α,β-unsaturated/α-hetero) is 1. The fraction of sp³-hybridized carbons (Fsp3) is 0.400. The zero-order chi connectivity index (χ0) is 21.3. The largest absolute Gasteiger partial charge is 0.336 e. The summed E-state index contributed by atoms with van der Waals surface area (Å²) >= 11 is 0. The van der Waals surface area contributed by atoms with Gasteiger partial charge in [0.15, 0.2) is 5.78 Å². The van der Waals surface area contributed by atoms with E-state index in [1.165, 1.54) is 20.0 Å². The zero-order valence-corrected chi connectivity index (χ0v) is 15.9. The molecule has 1 atom stereocenters. The molecule has 0 N–H and O–H groups in total. The molecule has 3 rings (SSSR count). The van der Waals surface area contributed by atoms with Crippen LogP contribution in [0.2, 0.25) is 0 Å². The number of piperidine rings is 1. The van der Waals surface area contributed by atoms with Gasteiger partial charge in [-0.15, -0.1) is 0 Å². The van der Waals surface area contributed by atoms with E-state index >= 15 is 0 Å². The van der Waals surface area contributed by atoms with E-state index in [2.05, 4.69) is 9.97 Å². The Morgan fingerprint density at radius 3 is 2.48 bits per heavy atom. The number of nitrogens with zero attached hydrogens (tertiary/aromatic N) is 3. The maximum absolute atomic E-state index is 14.9. The molecule has 9 heteroatoms. The lowest BCUT2D eigenvalue weighted by molar-refractivity contribution is -0.143. The Bertz CT molecular complexity index is 944. The maximum atomic E-state index is 14.9. The number of aromatic nitrogens is 2. The highest BCUT2D eigenvalue weighted by atomic mass is 19.3. The third-order valence-electron chi connectivity index (χ3n) is 4.99. The summed E-state index contributed by atoms with van der Waals surface area (Å²) in [6.07, 6.45) is 0.439. The zero-order valence-electron chi connectivity index (χ0n) is 15.9. The molecule has 0 bridgehead atoms. The molecule has 2 heterocycles. The third-order valence-corrected chi connectivity index (χ3v) is 4.99. The lowest BCUT2D eigenvalue weighted by Gasteiger charge is -2.38. The van der Waals surface area contributed by atoms with Gasteiger partial charge in [-0.2, -0.15) is 0 Å². The van der Waals surface area contributed by atoms with Crippen LogP contribution in [0.1, 0.15) is 46.7 Å². The number of rotatable bonds is 4. The van der Waals surface area contributed by atoms with E-state index in [0.29, 0.717) is 0 Å². The first-order valence-corrected chi connectivity index (χ1v) is 9.03. The smallest absolute Gasteiger partial charge is 0.273 e. The summed E-state index contributed by atoms with van der Waals surface area (Å²) < 4.78 is 57.4. The molecule has 29 heavy (non-hydrogen) atoms. The van der Waals surface area contributed by atoms with E-state index in [1.54, 1.807) is 0 Å². The highest BCUT2D eigenvalue weighted by Gasteiger charge is 2.48. The van der Waals surface area contributed by atoms with E-state index in [1.807, 2.05) is 0 Å². The number of amides is 1. The Balaban J connectivity index is 1.81. The molecule has 1 aromatic heterocycles. The van der Waals surface area contributed by atoms with Crippen molar-refractivity contribution in [2.75, 3.05) is 13.1 Å². The Hall–Kier alpha value is -2.84. The van der Waals surface area contributed by atoms with Crippen LogP contribution in [0.15, 0.2) is 24.4 Å². The van der Waals surface area contributed by atoms with Crippen molar-refractivity contribution >= 4 is 11.7 Å². The lowest BCUT2D eigenvalue weighted by Crippen LogP contribution is -2.50. The van der Waals surface area contributed by atoms with Crippen molar-refractivity contribution in [3.63, 3.8) is 0 Å². The molecule has 0 spiro atoms. The fourth-order valence-corrected chi connectivity index (χ4v) is 3.48. The van der Waals surface area contributed by atoms with Crippen molar-refractivity contribution in [1.29, 1.82) is 0 Å².